The lowest BCUT2D eigenvalue weighted by molar-refractivity contribution is 0.234. The molecule has 1 aliphatic rings. The van der Waals surface area contributed by atoms with E-state index in [0.29, 0.717) is 12.0 Å². The molecule has 0 bridgehead atoms. The predicted octanol–water partition coefficient (Wildman–Crippen LogP) is 3.09. The van der Waals surface area contributed by atoms with Crippen LogP contribution in [0.4, 0.5) is 5.69 Å². The average molecular weight is 230 g/mol. The SMILES string of the molecule is C=CCN(CC1CNc2ccccc21)C(C)C. The summed E-state index contributed by atoms with van der Waals surface area (Å²) in [4.78, 5) is 2.47. The van der Waals surface area contributed by atoms with Gasteiger partial charge >= 0.3 is 0 Å². The van der Waals surface area contributed by atoms with Gasteiger partial charge in [-0.2, -0.15) is 0 Å². The van der Waals surface area contributed by atoms with Crippen molar-refractivity contribution < 1.29 is 0 Å². The summed E-state index contributed by atoms with van der Waals surface area (Å²) in [6.07, 6.45) is 1.99. The van der Waals surface area contributed by atoms with E-state index in [1.807, 2.05) is 6.08 Å². The molecular formula is C15H22N2. The third-order valence-electron chi connectivity index (χ3n) is 3.49. The van der Waals surface area contributed by atoms with Gasteiger partial charge in [0.05, 0.1) is 0 Å². The number of hydrogen-bond donors (Lipinski definition) is 1. The van der Waals surface area contributed by atoms with Gasteiger partial charge in [0.1, 0.15) is 0 Å². The molecule has 1 atom stereocenters. The second-order valence-corrected chi connectivity index (χ2v) is 5.00. The maximum Gasteiger partial charge on any atom is 0.0376 e. The smallest absolute Gasteiger partial charge is 0.0376 e. The van der Waals surface area contributed by atoms with Gasteiger partial charge in [-0.3, -0.25) is 4.90 Å². The maximum absolute atomic E-state index is 3.84. The Hall–Kier alpha value is -1.28. The van der Waals surface area contributed by atoms with E-state index in [2.05, 4.69) is 54.9 Å². The minimum atomic E-state index is 0.570. The highest BCUT2D eigenvalue weighted by Gasteiger charge is 2.24. The Morgan fingerprint density at radius 3 is 2.94 bits per heavy atom. The van der Waals surface area contributed by atoms with E-state index < -0.39 is 0 Å². The Balaban J connectivity index is 2.07. The largest absolute Gasteiger partial charge is 0.384 e. The van der Waals surface area contributed by atoms with E-state index in [1.54, 1.807) is 0 Å². The van der Waals surface area contributed by atoms with E-state index in [9.17, 15) is 0 Å². The molecule has 1 aliphatic heterocycles. The number of rotatable bonds is 5. The standard InChI is InChI=1S/C15H22N2/c1-4-9-17(12(2)3)11-13-10-16-15-8-6-5-7-14(13)15/h4-8,12-13,16H,1,9-11H2,2-3H3. The van der Waals surface area contributed by atoms with Crippen LogP contribution in [-0.4, -0.2) is 30.6 Å². The van der Waals surface area contributed by atoms with Crippen molar-refractivity contribution in [2.45, 2.75) is 25.8 Å². The number of nitrogens with one attached hydrogen (secondary N) is 1. The molecule has 0 aromatic heterocycles. The van der Waals surface area contributed by atoms with E-state index in [4.69, 9.17) is 0 Å². The highest BCUT2D eigenvalue weighted by atomic mass is 15.1. The molecular weight excluding hydrogens is 208 g/mol. The Labute approximate surface area is 104 Å². The van der Waals surface area contributed by atoms with Crippen LogP contribution in [0.3, 0.4) is 0 Å². The molecule has 0 spiro atoms. The molecule has 2 rings (SSSR count). The molecule has 2 heteroatoms. The first kappa shape index (κ1) is 12.2. The van der Waals surface area contributed by atoms with Crippen molar-refractivity contribution in [3.05, 3.63) is 42.5 Å². The van der Waals surface area contributed by atoms with Crippen molar-refractivity contribution in [2.24, 2.45) is 0 Å². The molecule has 0 amide bonds. The van der Waals surface area contributed by atoms with Crippen molar-refractivity contribution in [3.63, 3.8) is 0 Å². The van der Waals surface area contributed by atoms with E-state index in [0.717, 1.165) is 19.6 Å². The van der Waals surface area contributed by atoms with Crippen molar-refractivity contribution in [1.29, 1.82) is 0 Å². The summed E-state index contributed by atoms with van der Waals surface area (Å²) in [5.41, 5.74) is 2.77. The van der Waals surface area contributed by atoms with Crippen LogP contribution < -0.4 is 5.32 Å². The number of benzene rings is 1. The molecule has 2 nitrogen and oxygen atoms in total. The highest BCUT2D eigenvalue weighted by molar-refractivity contribution is 5.57. The van der Waals surface area contributed by atoms with Gasteiger partial charge in [-0.05, 0) is 25.5 Å². The second-order valence-electron chi connectivity index (χ2n) is 5.00. The molecule has 1 heterocycles. The Morgan fingerprint density at radius 2 is 2.24 bits per heavy atom. The summed E-state index contributed by atoms with van der Waals surface area (Å²) in [7, 11) is 0. The van der Waals surface area contributed by atoms with E-state index >= 15 is 0 Å². The lowest BCUT2D eigenvalue weighted by Gasteiger charge is -2.28. The highest BCUT2D eigenvalue weighted by Crippen LogP contribution is 2.31. The Kier molecular flexibility index (Phi) is 3.85. The molecule has 0 saturated heterocycles. The molecule has 1 N–H and O–H groups in total. The zero-order valence-electron chi connectivity index (χ0n) is 10.8. The number of fused-ring (bicyclic) bond motifs is 1. The molecule has 92 valence electrons. The fourth-order valence-electron chi connectivity index (χ4n) is 2.47. The van der Waals surface area contributed by atoms with Crippen LogP contribution in [0.25, 0.3) is 0 Å². The third-order valence-corrected chi connectivity index (χ3v) is 3.49. The van der Waals surface area contributed by atoms with Crippen molar-refractivity contribution in [1.82, 2.24) is 4.90 Å². The molecule has 1 aromatic carbocycles. The Bertz CT molecular complexity index is 384. The third kappa shape index (κ3) is 2.70. The zero-order chi connectivity index (χ0) is 12.3. The first-order valence-corrected chi connectivity index (χ1v) is 6.40. The summed E-state index contributed by atoms with van der Waals surface area (Å²) >= 11 is 0. The summed E-state index contributed by atoms with van der Waals surface area (Å²) in [5.74, 6) is 0.605. The fourth-order valence-corrected chi connectivity index (χ4v) is 2.47. The molecule has 0 radical (unpaired) electrons. The fraction of sp³-hybridized carbons (Fsp3) is 0.467. The first-order valence-electron chi connectivity index (χ1n) is 6.40. The lowest BCUT2D eigenvalue weighted by Crippen LogP contribution is -2.35. The minimum absolute atomic E-state index is 0.570. The summed E-state index contributed by atoms with van der Waals surface area (Å²) < 4.78 is 0. The number of hydrogen-bond acceptors (Lipinski definition) is 2. The van der Waals surface area contributed by atoms with Crippen molar-refractivity contribution in [2.75, 3.05) is 25.0 Å². The van der Waals surface area contributed by atoms with Gasteiger partial charge in [-0.15, -0.1) is 6.58 Å². The van der Waals surface area contributed by atoms with Crippen LogP contribution in [0.2, 0.25) is 0 Å². The van der Waals surface area contributed by atoms with Crippen LogP contribution in [-0.2, 0) is 0 Å². The zero-order valence-corrected chi connectivity index (χ0v) is 10.8. The van der Waals surface area contributed by atoms with E-state index in [1.165, 1.54) is 11.3 Å². The summed E-state index contributed by atoms with van der Waals surface area (Å²) in [5, 5.41) is 3.48. The molecule has 1 unspecified atom stereocenters. The normalized spacial score (nSPS) is 18.2. The van der Waals surface area contributed by atoms with Gasteiger partial charge in [-0.25, -0.2) is 0 Å². The summed E-state index contributed by atoms with van der Waals surface area (Å²) in [6, 6.07) is 9.21. The first-order chi connectivity index (χ1) is 8.22. The number of para-hydroxylation sites is 1. The van der Waals surface area contributed by atoms with E-state index in [-0.39, 0.29) is 0 Å². The number of nitrogens with zero attached hydrogens (tertiary/aromatic N) is 1. The second kappa shape index (κ2) is 5.37. The van der Waals surface area contributed by atoms with Crippen LogP contribution in [0, 0.1) is 0 Å². The van der Waals surface area contributed by atoms with Gasteiger partial charge in [0.2, 0.25) is 0 Å². The number of anilines is 1. The van der Waals surface area contributed by atoms with Gasteiger partial charge in [-0.1, -0.05) is 24.3 Å². The van der Waals surface area contributed by atoms with Gasteiger partial charge in [0, 0.05) is 37.3 Å². The topological polar surface area (TPSA) is 15.3 Å². The summed E-state index contributed by atoms with van der Waals surface area (Å²) in [6.45, 7) is 11.5. The van der Waals surface area contributed by atoms with Crippen LogP contribution >= 0.6 is 0 Å². The quantitative estimate of drug-likeness (QED) is 0.782. The monoisotopic (exact) mass is 230 g/mol. The average Bonchev–Trinajstić information content (AvgIpc) is 2.72. The lowest BCUT2D eigenvalue weighted by atomic mass is 10.0. The molecule has 0 fully saturated rings. The van der Waals surface area contributed by atoms with Crippen molar-refractivity contribution in [3.8, 4) is 0 Å². The van der Waals surface area contributed by atoms with Gasteiger partial charge < -0.3 is 5.32 Å². The Morgan fingerprint density at radius 1 is 1.47 bits per heavy atom. The molecule has 0 aliphatic carbocycles. The van der Waals surface area contributed by atoms with Crippen LogP contribution in [0.1, 0.15) is 25.3 Å². The van der Waals surface area contributed by atoms with Gasteiger partial charge in [0.25, 0.3) is 0 Å². The molecule has 0 saturated carbocycles. The predicted molar refractivity (Wildman–Crippen MR) is 74.6 cm³/mol. The minimum Gasteiger partial charge on any atom is -0.384 e. The molecule has 17 heavy (non-hydrogen) atoms. The van der Waals surface area contributed by atoms with Crippen molar-refractivity contribution >= 4 is 5.69 Å². The molecule has 1 aromatic rings. The van der Waals surface area contributed by atoms with Gasteiger partial charge in [0.15, 0.2) is 0 Å². The van der Waals surface area contributed by atoms with Crippen LogP contribution in [0.5, 0.6) is 0 Å². The maximum atomic E-state index is 3.84. The van der Waals surface area contributed by atoms with Crippen LogP contribution in [0.15, 0.2) is 36.9 Å².